The summed E-state index contributed by atoms with van der Waals surface area (Å²) in [4.78, 5) is 10.1. The summed E-state index contributed by atoms with van der Waals surface area (Å²) in [5, 5.41) is 8.35. The van der Waals surface area contributed by atoms with E-state index < -0.39 is 5.97 Å². The molecule has 1 N–H and O–H groups in total. The van der Waals surface area contributed by atoms with Gasteiger partial charge in [-0.1, -0.05) is 6.07 Å². The van der Waals surface area contributed by atoms with E-state index in [2.05, 4.69) is 0 Å². The van der Waals surface area contributed by atoms with Crippen LogP contribution >= 0.6 is 0 Å². The van der Waals surface area contributed by atoms with Gasteiger partial charge in [-0.3, -0.25) is 0 Å². The van der Waals surface area contributed by atoms with Crippen LogP contribution in [-0.2, 0) is 11.3 Å². The van der Waals surface area contributed by atoms with Gasteiger partial charge < -0.3 is 7.96 Å². The van der Waals surface area contributed by atoms with Gasteiger partial charge in [-0.2, -0.15) is 4.57 Å². The Morgan fingerprint density at radius 3 is 2.36 bits per heavy atom. The molecule has 4 heteroatoms. The topological polar surface area (TPSA) is 41.2 Å². The van der Waals surface area contributed by atoms with Gasteiger partial charge in [0.2, 0.25) is 6.54 Å². The molecule has 11 heavy (non-hydrogen) atoms. The number of carbonyl (C=O) groups is 1. The third kappa shape index (κ3) is 3.95. The Kier molecular flexibility index (Phi) is 4.81. The van der Waals surface area contributed by atoms with Crippen LogP contribution in [0.3, 0.4) is 0 Å². The van der Waals surface area contributed by atoms with Gasteiger partial charge >= 0.3 is 29.0 Å². The van der Waals surface area contributed by atoms with Gasteiger partial charge in [-0.05, 0) is 0 Å². The first-order valence-electron chi connectivity index (χ1n) is 2.95. The first-order valence-corrected chi connectivity index (χ1v) is 2.95. The summed E-state index contributed by atoms with van der Waals surface area (Å²) < 4.78 is 1.60. The fourth-order valence-corrected chi connectivity index (χ4v) is 0.696. The minimum absolute atomic E-state index is 0. The molecule has 0 fully saturated rings. The quantitative estimate of drug-likeness (QED) is 0.490. The molecule has 0 aliphatic carbocycles. The molecule has 3 nitrogen and oxygen atoms in total. The fraction of sp³-hybridized carbons (Fsp3) is 0.143. The second-order valence-corrected chi connectivity index (χ2v) is 1.94. The number of carboxylic acids is 1. The summed E-state index contributed by atoms with van der Waals surface area (Å²) in [5.41, 5.74) is 0. The average molecular weight is 164 g/mol. The Balaban J connectivity index is -0.000000333. The molecule has 0 saturated heterocycles. The number of hydrogen-bond donors (Lipinski definition) is 1. The molecule has 1 heterocycles. The van der Waals surface area contributed by atoms with Crippen molar-refractivity contribution in [1.82, 2.24) is 0 Å². The molecule has 0 aliphatic heterocycles. The first-order chi connectivity index (χ1) is 4.79. The zero-order valence-electron chi connectivity index (χ0n) is 8.10. The van der Waals surface area contributed by atoms with Gasteiger partial charge in [0.25, 0.3) is 0 Å². The second kappa shape index (κ2) is 5.09. The predicted octanol–water partition coefficient (Wildman–Crippen LogP) is -0.0971. The Morgan fingerprint density at radius 2 is 1.91 bits per heavy atom. The number of nitrogens with zero attached hydrogens (tertiary/aromatic N) is 1. The summed E-state index contributed by atoms with van der Waals surface area (Å²) in [6, 6.07) is 5.43. The molecule has 0 amide bonds. The van der Waals surface area contributed by atoms with Crippen LogP contribution in [0, 0.1) is 0 Å². The summed E-state index contributed by atoms with van der Waals surface area (Å²) in [6.07, 6.45) is 3.43. The monoisotopic (exact) mass is 164 g/mol. The summed E-state index contributed by atoms with van der Waals surface area (Å²) in [6.45, 7) is 0.0286. The maximum Gasteiger partial charge on any atom is 2.00 e. The van der Waals surface area contributed by atoms with E-state index >= 15 is 0 Å². The minimum atomic E-state index is -0.823. The van der Waals surface area contributed by atoms with E-state index in [9.17, 15) is 4.79 Å². The SMILES string of the molecule is O=C(O)C[n+]1ccccc1.[H-].[H-].[Mg+2]. The number of rotatable bonds is 2. The van der Waals surface area contributed by atoms with Crippen molar-refractivity contribution >= 4 is 29.0 Å². The third-order valence-electron chi connectivity index (χ3n) is 1.10. The van der Waals surface area contributed by atoms with E-state index in [1.807, 2.05) is 6.07 Å². The zero-order chi connectivity index (χ0) is 7.40. The van der Waals surface area contributed by atoms with Crippen molar-refractivity contribution in [3.05, 3.63) is 30.6 Å². The van der Waals surface area contributed by atoms with Crippen LogP contribution in [0.4, 0.5) is 0 Å². The Bertz CT molecular complexity index is 233. The van der Waals surface area contributed by atoms with Crippen molar-refractivity contribution < 1.29 is 17.3 Å². The first kappa shape index (κ1) is 10.4. The maximum atomic E-state index is 10.1. The van der Waals surface area contributed by atoms with Crippen LogP contribution in [0.15, 0.2) is 30.6 Å². The summed E-state index contributed by atoms with van der Waals surface area (Å²) in [7, 11) is 0. The van der Waals surface area contributed by atoms with E-state index in [1.165, 1.54) is 0 Å². The molecule has 0 saturated carbocycles. The van der Waals surface area contributed by atoms with Gasteiger partial charge in [-0.25, -0.2) is 4.79 Å². The van der Waals surface area contributed by atoms with Crippen LogP contribution in [0.5, 0.6) is 0 Å². The number of hydrogen-bond acceptors (Lipinski definition) is 1. The van der Waals surface area contributed by atoms with Crippen molar-refractivity contribution in [2.75, 3.05) is 0 Å². The smallest absolute Gasteiger partial charge is 1.00 e. The van der Waals surface area contributed by atoms with Crippen molar-refractivity contribution in [1.29, 1.82) is 0 Å². The third-order valence-corrected chi connectivity index (χ3v) is 1.10. The number of aliphatic carboxylic acids is 1. The standard InChI is InChI=1S/C7H7NO2.Mg.2H/c9-7(10)6-8-4-2-1-3-5-8;;;/h1-5H,6H2;;;/q;+2;2*-1/p+1. The van der Waals surface area contributed by atoms with Crippen LogP contribution in [0.25, 0.3) is 0 Å². The van der Waals surface area contributed by atoms with Gasteiger partial charge in [0.15, 0.2) is 12.4 Å². The Morgan fingerprint density at radius 1 is 1.36 bits per heavy atom. The summed E-state index contributed by atoms with van der Waals surface area (Å²) >= 11 is 0. The molecule has 0 aliphatic rings. The fourth-order valence-electron chi connectivity index (χ4n) is 0.696. The molecule has 0 bridgehead atoms. The van der Waals surface area contributed by atoms with Crippen LogP contribution in [0.2, 0.25) is 0 Å². The van der Waals surface area contributed by atoms with Crippen LogP contribution in [-0.4, -0.2) is 34.1 Å². The van der Waals surface area contributed by atoms with Crippen molar-refractivity contribution in [3.8, 4) is 0 Å². The van der Waals surface area contributed by atoms with Crippen LogP contribution in [0.1, 0.15) is 2.85 Å². The van der Waals surface area contributed by atoms with Crippen molar-refractivity contribution in [3.63, 3.8) is 0 Å². The molecule has 0 aromatic carbocycles. The predicted molar refractivity (Wildman–Crippen MR) is 42.3 cm³/mol. The molecule has 0 atom stereocenters. The average Bonchev–Trinajstić information content (AvgIpc) is 1.88. The Labute approximate surface area is 83.8 Å². The maximum absolute atomic E-state index is 10.1. The molecule has 0 spiro atoms. The van der Waals surface area contributed by atoms with Gasteiger partial charge in [-0.15, -0.1) is 0 Å². The summed E-state index contributed by atoms with van der Waals surface area (Å²) in [5.74, 6) is -0.823. The molecule has 1 rings (SSSR count). The molecule has 1 aromatic heterocycles. The van der Waals surface area contributed by atoms with E-state index in [1.54, 1.807) is 29.1 Å². The van der Waals surface area contributed by atoms with E-state index in [0.717, 1.165) is 0 Å². The zero-order valence-corrected chi connectivity index (χ0v) is 7.52. The van der Waals surface area contributed by atoms with E-state index in [4.69, 9.17) is 5.11 Å². The van der Waals surface area contributed by atoms with Crippen LogP contribution < -0.4 is 4.57 Å². The minimum Gasteiger partial charge on any atom is -1.00 e. The van der Waals surface area contributed by atoms with Gasteiger partial charge in [0.05, 0.1) is 0 Å². The molecule has 0 unspecified atom stereocenters. The molecule has 0 radical (unpaired) electrons. The van der Waals surface area contributed by atoms with Crippen molar-refractivity contribution in [2.24, 2.45) is 0 Å². The molecular formula is C7H10MgNO2+. The van der Waals surface area contributed by atoms with Gasteiger partial charge in [0, 0.05) is 12.1 Å². The van der Waals surface area contributed by atoms with E-state index in [0.29, 0.717) is 0 Å². The molecule has 1 aromatic rings. The second-order valence-electron chi connectivity index (χ2n) is 1.94. The molecular weight excluding hydrogens is 154 g/mol. The Hall–Kier alpha value is -0.614. The normalized spacial score (nSPS) is 8.36. The number of pyridine rings is 1. The number of aromatic nitrogens is 1. The van der Waals surface area contributed by atoms with E-state index in [-0.39, 0.29) is 32.5 Å². The molecule has 56 valence electrons. The number of carboxylic acid groups (broad SMARTS) is 1. The largest absolute Gasteiger partial charge is 2.00 e. The van der Waals surface area contributed by atoms with Gasteiger partial charge in [0.1, 0.15) is 0 Å². The van der Waals surface area contributed by atoms with Crippen molar-refractivity contribution in [2.45, 2.75) is 6.54 Å².